The summed E-state index contributed by atoms with van der Waals surface area (Å²) in [6.07, 6.45) is 0.876. The predicted octanol–water partition coefficient (Wildman–Crippen LogP) is 4.48. The van der Waals surface area contributed by atoms with Crippen LogP contribution < -0.4 is 4.74 Å². The SMILES string of the molecule is COc1ccc(C(=O)N2CCc3ccccc3C2c2ccccc2)cc1. The van der Waals surface area contributed by atoms with Crippen molar-refractivity contribution in [2.24, 2.45) is 0 Å². The fourth-order valence-corrected chi connectivity index (χ4v) is 3.68. The highest BCUT2D eigenvalue weighted by Gasteiger charge is 2.32. The lowest BCUT2D eigenvalue weighted by molar-refractivity contribution is 0.0694. The number of amides is 1. The second-order valence-corrected chi connectivity index (χ2v) is 6.49. The van der Waals surface area contributed by atoms with Crippen LogP contribution in [-0.2, 0) is 6.42 Å². The van der Waals surface area contributed by atoms with Crippen LogP contribution in [0.15, 0.2) is 78.9 Å². The van der Waals surface area contributed by atoms with E-state index in [9.17, 15) is 4.79 Å². The predicted molar refractivity (Wildman–Crippen MR) is 102 cm³/mol. The Morgan fingerprint density at radius 2 is 1.62 bits per heavy atom. The maximum absolute atomic E-state index is 13.3. The summed E-state index contributed by atoms with van der Waals surface area (Å²) >= 11 is 0. The van der Waals surface area contributed by atoms with E-state index in [2.05, 4.69) is 36.4 Å². The van der Waals surface area contributed by atoms with Crippen molar-refractivity contribution < 1.29 is 9.53 Å². The topological polar surface area (TPSA) is 29.5 Å². The fourth-order valence-electron chi connectivity index (χ4n) is 3.68. The highest BCUT2D eigenvalue weighted by Crippen LogP contribution is 2.36. The lowest BCUT2D eigenvalue weighted by Gasteiger charge is -2.38. The number of fused-ring (bicyclic) bond motifs is 1. The van der Waals surface area contributed by atoms with Crippen LogP contribution in [-0.4, -0.2) is 24.5 Å². The molecule has 0 radical (unpaired) electrons. The molecule has 3 aromatic rings. The molecular formula is C23H21NO2. The van der Waals surface area contributed by atoms with Gasteiger partial charge < -0.3 is 9.64 Å². The lowest BCUT2D eigenvalue weighted by atomic mass is 9.88. The van der Waals surface area contributed by atoms with E-state index in [1.165, 1.54) is 11.1 Å². The van der Waals surface area contributed by atoms with Gasteiger partial charge in [-0.1, -0.05) is 54.6 Å². The van der Waals surface area contributed by atoms with Crippen LogP contribution in [0.1, 0.15) is 33.1 Å². The van der Waals surface area contributed by atoms with Crippen LogP contribution in [0.2, 0.25) is 0 Å². The average Bonchev–Trinajstić information content (AvgIpc) is 2.73. The van der Waals surface area contributed by atoms with Crippen LogP contribution in [0.25, 0.3) is 0 Å². The summed E-state index contributed by atoms with van der Waals surface area (Å²) in [6.45, 7) is 0.710. The molecule has 3 nitrogen and oxygen atoms in total. The molecule has 0 saturated carbocycles. The summed E-state index contributed by atoms with van der Waals surface area (Å²) in [5, 5.41) is 0. The zero-order valence-electron chi connectivity index (χ0n) is 14.8. The molecular weight excluding hydrogens is 322 g/mol. The highest BCUT2D eigenvalue weighted by atomic mass is 16.5. The molecule has 0 aromatic heterocycles. The van der Waals surface area contributed by atoms with Gasteiger partial charge >= 0.3 is 0 Å². The maximum atomic E-state index is 13.3. The average molecular weight is 343 g/mol. The van der Waals surface area contributed by atoms with Gasteiger partial charge in [0.05, 0.1) is 13.2 Å². The van der Waals surface area contributed by atoms with Crippen molar-refractivity contribution in [2.75, 3.05) is 13.7 Å². The van der Waals surface area contributed by atoms with Crippen LogP contribution in [0.5, 0.6) is 5.75 Å². The molecule has 3 heteroatoms. The first-order valence-corrected chi connectivity index (χ1v) is 8.85. The number of methoxy groups -OCH3 is 1. The van der Waals surface area contributed by atoms with E-state index < -0.39 is 0 Å². The monoisotopic (exact) mass is 343 g/mol. The summed E-state index contributed by atoms with van der Waals surface area (Å²) in [5.74, 6) is 0.807. The smallest absolute Gasteiger partial charge is 0.254 e. The molecule has 1 amide bonds. The minimum Gasteiger partial charge on any atom is -0.497 e. The van der Waals surface area contributed by atoms with Crippen molar-refractivity contribution in [3.8, 4) is 5.75 Å². The van der Waals surface area contributed by atoms with Gasteiger partial charge in [-0.2, -0.15) is 0 Å². The second kappa shape index (κ2) is 7.04. The molecule has 0 bridgehead atoms. The van der Waals surface area contributed by atoms with E-state index in [1.807, 2.05) is 47.4 Å². The quantitative estimate of drug-likeness (QED) is 0.701. The number of nitrogens with zero attached hydrogens (tertiary/aromatic N) is 1. The van der Waals surface area contributed by atoms with E-state index in [-0.39, 0.29) is 11.9 Å². The number of hydrogen-bond acceptors (Lipinski definition) is 2. The van der Waals surface area contributed by atoms with Gasteiger partial charge in [0.2, 0.25) is 0 Å². The molecule has 4 rings (SSSR count). The van der Waals surface area contributed by atoms with Gasteiger partial charge in [0.25, 0.3) is 5.91 Å². The van der Waals surface area contributed by atoms with Crippen molar-refractivity contribution in [3.63, 3.8) is 0 Å². The fraction of sp³-hybridized carbons (Fsp3) is 0.174. The van der Waals surface area contributed by atoms with Gasteiger partial charge in [-0.25, -0.2) is 0 Å². The van der Waals surface area contributed by atoms with E-state index in [1.54, 1.807) is 7.11 Å². The van der Waals surface area contributed by atoms with Gasteiger partial charge in [0.15, 0.2) is 0 Å². The molecule has 26 heavy (non-hydrogen) atoms. The summed E-state index contributed by atoms with van der Waals surface area (Å²) < 4.78 is 5.21. The van der Waals surface area contributed by atoms with Crippen molar-refractivity contribution in [1.29, 1.82) is 0 Å². The molecule has 0 spiro atoms. The van der Waals surface area contributed by atoms with Gasteiger partial charge in [-0.05, 0) is 47.4 Å². The molecule has 130 valence electrons. The normalized spacial score (nSPS) is 16.0. The number of carbonyl (C=O) groups excluding carboxylic acids is 1. The molecule has 1 heterocycles. The van der Waals surface area contributed by atoms with Crippen LogP contribution in [0, 0.1) is 0 Å². The Labute approximate surface area is 153 Å². The Hall–Kier alpha value is -3.07. The summed E-state index contributed by atoms with van der Waals surface area (Å²) in [5.41, 5.74) is 4.36. The van der Waals surface area contributed by atoms with E-state index in [0.29, 0.717) is 12.1 Å². The number of benzene rings is 3. The van der Waals surface area contributed by atoms with Crippen molar-refractivity contribution >= 4 is 5.91 Å². The molecule has 0 aliphatic carbocycles. The third kappa shape index (κ3) is 2.97. The minimum absolute atomic E-state index is 0.0519. The first kappa shape index (κ1) is 16.4. The minimum atomic E-state index is -0.0595. The first-order valence-electron chi connectivity index (χ1n) is 8.85. The summed E-state index contributed by atoms with van der Waals surface area (Å²) in [6, 6.07) is 26.0. The number of hydrogen-bond donors (Lipinski definition) is 0. The molecule has 1 aliphatic rings. The molecule has 0 saturated heterocycles. The van der Waals surface area contributed by atoms with Gasteiger partial charge in [0, 0.05) is 12.1 Å². The molecule has 3 aromatic carbocycles. The highest BCUT2D eigenvalue weighted by molar-refractivity contribution is 5.95. The summed E-state index contributed by atoms with van der Waals surface area (Å²) in [4.78, 5) is 15.3. The van der Waals surface area contributed by atoms with Crippen molar-refractivity contribution in [2.45, 2.75) is 12.5 Å². The van der Waals surface area contributed by atoms with Gasteiger partial charge in [0.1, 0.15) is 5.75 Å². The molecule has 0 fully saturated rings. The van der Waals surface area contributed by atoms with Crippen LogP contribution in [0.4, 0.5) is 0 Å². The van der Waals surface area contributed by atoms with Gasteiger partial charge in [-0.3, -0.25) is 4.79 Å². The van der Waals surface area contributed by atoms with E-state index in [0.717, 1.165) is 17.7 Å². The lowest BCUT2D eigenvalue weighted by Crippen LogP contribution is -2.40. The Morgan fingerprint density at radius 1 is 0.923 bits per heavy atom. The van der Waals surface area contributed by atoms with Crippen molar-refractivity contribution in [1.82, 2.24) is 4.90 Å². The Balaban J connectivity index is 1.75. The van der Waals surface area contributed by atoms with Crippen LogP contribution in [0.3, 0.4) is 0 Å². The molecule has 1 unspecified atom stereocenters. The Bertz CT molecular complexity index is 903. The maximum Gasteiger partial charge on any atom is 0.254 e. The first-order chi connectivity index (χ1) is 12.8. The third-order valence-electron chi connectivity index (χ3n) is 5.00. The van der Waals surface area contributed by atoms with Crippen molar-refractivity contribution in [3.05, 3.63) is 101 Å². The molecule has 1 aliphatic heterocycles. The number of ether oxygens (including phenoxy) is 1. The standard InChI is InChI=1S/C23H21NO2/c1-26-20-13-11-19(12-14-20)23(25)24-16-15-17-7-5-6-10-21(17)22(24)18-8-3-2-4-9-18/h2-14,22H,15-16H2,1H3. The van der Waals surface area contributed by atoms with Crippen LogP contribution >= 0.6 is 0 Å². The Kier molecular flexibility index (Phi) is 4.44. The molecule has 0 N–H and O–H groups in total. The number of carbonyl (C=O) groups is 1. The summed E-state index contributed by atoms with van der Waals surface area (Å²) in [7, 11) is 1.63. The van der Waals surface area contributed by atoms with E-state index in [4.69, 9.17) is 4.74 Å². The zero-order chi connectivity index (χ0) is 17.9. The van der Waals surface area contributed by atoms with Gasteiger partial charge in [-0.15, -0.1) is 0 Å². The third-order valence-corrected chi connectivity index (χ3v) is 5.00. The number of rotatable bonds is 3. The Morgan fingerprint density at radius 3 is 2.35 bits per heavy atom. The largest absolute Gasteiger partial charge is 0.497 e. The molecule has 1 atom stereocenters. The second-order valence-electron chi connectivity index (χ2n) is 6.49. The van der Waals surface area contributed by atoms with E-state index >= 15 is 0 Å². The zero-order valence-corrected chi connectivity index (χ0v) is 14.8.